The number of hydrogen-bond donors (Lipinski definition) is 1. The minimum Gasteiger partial charge on any atom is -0.383 e. The summed E-state index contributed by atoms with van der Waals surface area (Å²) < 4.78 is 13.6. The lowest BCUT2D eigenvalue weighted by Crippen LogP contribution is -2.24. The van der Waals surface area contributed by atoms with Crippen LogP contribution >= 0.6 is 0 Å². The zero-order valence-electron chi connectivity index (χ0n) is 8.39. The van der Waals surface area contributed by atoms with E-state index in [0.717, 1.165) is 37.4 Å². The lowest BCUT2D eigenvalue weighted by atomic mass is 10.2. The van der Waals surface area contributed by atoms with Crippen molar-refractivity contribution in [1.82, 2.24) is 0 Å². The minimum atomic E-state index is -0.126. The molecule has 0 bridgehead atoms. The van der Waals surface area contributed by atoms with E-state index in [-0.39, 0.29) is 5.82 Å². The number of hydrogen-bond acceptors (Lipinski definition) is 2. The van der Waals surface area contributed by atoms with Crippen LogP contribution in [0.15, 0.2) is 18.2 Å². The third kappa shape index (κ3) is 1.54. The van der Waals surface area contributed by atoms with Crippen molar-refractivity contribution in [2.24, 2.45) is 0 Å². The molecule has 2 rings (SSSR count). The number of fused-ring (bicyclic) bond motifs is 1. The van der Waals surface area contributed by atoms with Crippen molar-refractivity contribution in [2.45, 2.75) is 13.3 Å². The van der Waals surface area contributed by atoms with E-state index in [9.17, 15) is 4.39 Å². The van der Waals surface area contributed by atoms with E-state index in [2.05, 4.69) is 17.1 Å². The molecule has 0 spiro atoms. The fourth-order valence-electron chi connectivity index (χ4n) is 1.90. The monoisotopic (exact) mass is 194 g/mol. The Bertz CT molecular complexity index is 325. The summed E-state index contributed by atoms with van der Waals surface area (Å²) in [6.07, 6.45) is 1.06. The Morgan fingerprint density at radius 1 is 1.50 bits per heavy atom. The first-order valence-corrected chi connectivity index (χ1v) is 5.10. The summed E-state index contributed by atoms with van der Waals surface area (Å²) in [5.74, 6) is -0.126. The number of anilines is 2. The first kappa shape index (κ1) is 9.31. The van der Waals surface area contributed by atoms with E-state index in [0.29, 0.717) is 0 Å². The van der Waals surface area contributed by atoms with Gasteiger partial charge in [0.05, 0.1) is 11.4 Å². The maximum atomic E-state index is 13.6. The molecule has 2 nitrogen and oxygen atoms in total. The smallest absolute Gasteiger partial charge is 0.148 e. The lowest BCUT2D eigenvalue weighted by molar-refractivity contribution is 0.619. The van der Waals surface area contributed by atoms with Gasteiger partial charge in [-0.05, 0) is 25.5 Å². The number of rotatable bonds is 1. The molecule has 1 aromatic carbocycles. The Labute approximate surface area is 83.7 Å². The molecule has 0 saturated heterocycles. The standard InChI is InChI=1S/C11H15FN2/c1-2-14-8-4-7-13-10-6-3-5-9(12)11(10)14/h3,5-6,13H,2,4,7-8H2,1H3. The highest BCUT2D eigenvalue weighted by molar-refractivity contribution is 5.71. The molecule has 1 aliphatic heterocycles. The SMILES string of the molecule is CCN1CCCNc2cccc(F)c21. The largest absolute Gasteiger partial charge is 0.383 e. The molecule has 1 N–H and O–H groups in total. The molecule has 1 heterocycles. The molecule has 0 radical (unpaired) electrons. The van der Waals surface area contributed by atoms with Gasteiger partial charge in [-0.3, -0.25) is 0 Å². The van der Waals surface area contributed by atoms with Crippen LogP contribution in [0.5, 0.6) is 0 Å². The van der Waals surface area contributed by atoms with E-state index >= 15 is 0 Å². The zero-order chi connectivity index (χ0) is 9.97. The van der Waals surface area contributed by atoms with Gasteiger partial charge < -0.3 is 10.2 Å². The van der Waals surface area contributed by atoms with Crippen molar-refractivity contribution < 1.29 is 4.39 Å². The van der Waals surface area contributed by atoms with Gasteiger partial charge in [0, 0.05) is 19.6 Å². The topological polar surface area (TPSA) is 15.3 Å². The second kappa shape index (κ2) is 3.86. The van der Waals surface area contributed by atoms with Gasteiger partial charge in [0.15, 0.2) is 0 Å². The van der Waals surface area contributed by atoms with Crippen LogP contribution in [-0.2, 0) is 0 Å². The Morgan fingerprint density at radius 3 is 3.14 bits per heavy atom. The molecule has 76 valence electrons. The summed E-state index contributed by atoms with van der Waals surface area (Å²) in [6.45, 7) is 4.77. The molecule has 3 heteroatoms. The third-order valence-electron chi connectivity index (χ3n) is 2.60. The summed E-state index contributed by atoms with van der Waals surface area (Å²) >= 11 is 0. The zero-order valence-corrected chi connectivity index (χ0v) is 8.39. The van der Waals surface area contributed by atoms with Crippen LogP contribution < -0.4 is 10.2 Å². The molecule has 0 amide bonds. The van der Waals surface area contributed by atoms with E-state index in [1.54, 1.807) is 6.07 Å². The van der Waals surface area contributed by atoms with Gasteiger partial charge in [0.1, 0.15) is 5.82 Å². The van der Waals surface area contributed by atoms with Crippen LogP contribution in [0, 0.1) is 5.82 Å². The molecule has 0 fully saturated rings. The molecular weight excluding hydrogens is 179 g/mol. The quantitative estimate of drug-likeness (QED) is 0.738. The van der Waals surface area contributed by atoms with Gasteiger partial charge >= 0.3 is 0 Å². The van der Waals surface area contributed by atoms with Crippen LogP contribution in [0.25, 0.3) is 0 Å². The number of nitrogens with zero attached hydrogens (tertiary/aromatic N) is 1. The maximum Gasteiger partial charge on any atom is 0.148 e. The third-order valence-corrected chi connectivity index (χ3v) is 2.60. The average Bonchev–Trinajstić information content (AvgIpc) is 2.40. The van der Waals surface area contributed by atoms with E-state index in [4.69, 9.17) is 0 Å². The van der Waals surface area contributed by atoms with Crippen LogP contribution in [0.3, 0.4) is 0 Å². The Kier molecular flexibility index (Phi) is 2.57. The molecule has 1 aliphatic rings. The summed E-state index contributed by atoms with van der Waals surface area (Å²) in [5.41, 5.74) is 1.65. The van der Waals surface area contributed by atoms with Crippen molar-refractivity contribution in [3.63, 3.8) is 0 Å². The Hall–Kier alpha value is -1.25. The highest BCUT2D eigenvalue weighted by Gasteiger charge is 2.16. The minimum absolute atomic E-state index is 0.126. The summed E-state index contributed by atoms with van der Waals surface area (Å²) in [4.78, 5) is 2.09. The molecular formula is C11H15FN2. The van der Waals surface area contributed by atoms with Gasteiger partial charge in [-0.15, -0.1) is 0 Å². The first-order chi connectivity index (χ1) is 6.83. The summed E-state index contributed by atoms with van der Waals surface area (Å²) in [5, 5.41) is 3.25. The predicted octanol–water partition coefficient (Wildman–Crippen LogP) is 2.47. The Morgan fingerprint density at radius 2 is 2.36 bits per heavy atom. The fraction of sp³-hybridized carbons (Fsp3) is 0.455. The molecule has 0 aliphatic carbocycles. The highest BCUT2D eigenvalue weighted by atomic mass is 19.1. The molecule has 1 aromatic rings. The second-order valence-corrected chi connectivity index (χ2v) is 3.50. The summed E-state index contributed by atoms with van der Waals surface area (Å²) in [6, 6.07) is 5.21. The number of halogens is 1. The van der Waals surface area contributed by atoms with Gasteiger partial charge in [0.25, 0.3) is 0 Å². The number of benzene rings is 1. The van der Waals surface area contributed by atoms with E-state index in [1.165, 1.54) is 6.07 Å². The molecule has 0 unspecified atom stereocenters. The maximum absolute atomic E-state index is 13.6. The average molecular weight is 194 g/mol. The van der Waals surface area contributed by atoms with Crippen LogP contribution in [0.1, 0.15) is 13.3 Å². The van der Waals surface area contributed by atoms with Crippen molar-refractivity contribution in [3.05, 3.63) is 24.0 Å². The van der Waals surface area contributed by atoms with Crippen molar-refractivity contribution >= 4 is 11.4 Å². The Balaban J connectivity index is 2.45. The number of nitrogens with one attached hydrogen (secondary N) is 1. The normalized spacial score (nSPS) is 15.7. The van der Waals surface area contributed by atoms with Crippen LogP contribution in [0.4, 0.5) is 15.8 Å². The molecule has 0 saturated carbocycles. The number of para-hydroxylation sites is 1. The molecule has 14 heavy (non-hydrogen) atoms. The second-order valence-electron chi connectivity index (χ2n) is 3.50. The van der Waals surface area contributed by atoms with E-state index < -0.39 is 0 Å². The van der Waals surface area contributed by atoms with Crippen molar-refractivity contribution in [3.8, 4) is 0 Å². The van der Waals surface area contributed by atoms with Gasteiger partial charge in [-0.2, -0.15) is 0 Å². The molecule has 0 atom stereocenters. The molecule has 0 aromatic heterocycles. The van der Waals surface area contributed by atoms with Gasteiger partial charge in [-0.25, -0.2) is 4.39 Å². The first-order valence-electron chi connectivity index (χ1n) is 5.10. The van der Waals surface area contributed by atoms with Gasteiger partial charge in [0.2, 0.25) is 0 Å². The van der Waals surface area contributed by atoms with E-state index in [1.807, 2.05) is 6.07 Å². The van der Waals surface area contributed by atoms with Crippen LogP contribution in [-0.4, -0.2) is 19.6 Å². The van der Waals surface area contributed by atoms with Gasteiger partial charge in [-0.1, -0.05) is 6.07 Å². The predicted molar refractivity (Wildman–Crippen MR) is 57.4 cm³/mol. The van der Waals surface area contributed by atoms with Crippen LogP contribution in [0.2, 0.25) is 0 Å². The fourth-order valence-corrected chi connectivity index (χ4v) is 1.90. The highest BCUT2D eigenvalue weighted by Crippen LogP contribution is 2.30. The lowest BCUT2D eigenvalue weighted by Gasteiger charge is -2.22. The summed E-state index contributed by atoms with van der Waals surface area (Å²) in [7, 11) is 0. The van der Waals surface area contributed by atoms with Crippen molar-refractivity contribution in [1.29, 1.82) is 0 Å². The van der Waals surface area contributed by atoms with Crippen molar-refractivity contribution in [2.75, 3.05) is 29.9 Å².